The van der Waals surface area contributed by atoms with E-state index in [0.29, 0.717) is 0 Å². The van der Waals surface area contributed by atoms with Crippen LogP contribution < -0.4 is 0 Å². The second-order valence-electron chi connectivity index (χ2n) is 4.22. The molecule has 0 fully saturated rings. The number of hydrogen-bond donors (Lipinski definition) is 0. The van der Waals surface area contributed by atoms with Gasteiger partial charge in [-0.3, -0.25) is 0 Å². The third-order valence-corrected chi connectivity index (χ3v) is 6.49. The Balaban J connectivity index is 5.25. The smallest absolute Gasteiger partial charge is 0.212 e. The third-order valence-electron chi connectivity index (χ3n) is 3.62. The van der Waals surface area contributed by atoms with Gasteiger partial charge in [-0.2, -0.15) is 0 Å². The SMILES string of the molecule is CCC(C)(CC)C(C)(C)S(=O)(=O)Cl. The largest absolute Gasteiger partial charge is 0.238 e. The van der Waals surface area contributed by atoms with Crippen LogP contribution in [-0.2, 0) is 9.05 Å². The van der Waals surface area contributed by atoms with E-state index in [1.165, 1.54) is 0 Å². The van der Waals surface area contributed by atoms with Crippen molar-refractivity contribution in [2.45, 2.75) is 52.2 Å². The molecule has 0 N–H and O–H groups in total. The molecule has 0 spiro atoms. The normalized spacial score (nSPS) is 14.6. The molecular weight excluding hydrogens is 208 g/mol. The molecule has 0 aliphatic rings. The lowest BCUT2D eigenvalue weighted by molar-refractivity contribution is 0.220. The van der Waals surface area contributed by atoms with Crippen molar-refractivity contribution in [3.8, 4) is 0 Å². The molecule has 0 aromatic heterocycles. The van der Waals surface area contributed by atoms with Crippen LogP contribution in [0.25, 0.3) is 0 Å². The molecule has 0 aromatic rings. The number of rotatable bonds is 4. The molecule has 0 aromatic carbocycles. The minimum atomic E-state index is -3.51. The summed E-state index contributed by atoms with van der Waals surface area (Å²) in [4.78, 5) is 0. The Kier molecular flexibility index (Phi) is 3.84. The molecule has 0 radical (unpaired) electrons. The van der Waals surface area contributed by atoms with Crippen molar-refractivity contribution in [2.24, 2.45) is 5.41 Å². The van der Waals surface area contributed by atoms with Gasteiger partial charge in [0.1, 0.15) is 0 Å². The second kappa shape index (κ2) is 3.77. The molecule has 0 atom stereocenters. The lowest BCUT2D eigenvalue weighted by Gasteiger charge is -2.40. The first-order chi connectivity index (χ1) is 5.62. The first-order valence-corrected chi connectivity index (χ1v) is 6.87. The van der Waals surface area contributed by atoms with Crippen LogP contribution in [-0.4, -0.2) is 13.2 Å². The van der Waals surface area contributed by atoms with Crippen LogP contribution in [0.4, 0.5) is 0 Å². The van der Waals surface area contributed by atoms with Crippen LogP contribution in [0.3, 0.4) is 0 Å². The van der Waals surface area contributed by atoms with Crippen LogP contribution in [0.5, 0.6) is 0 Å². The Labute approximate surface area is 86.1 Å². The molecule has 0 bridgehead atoms. The van der Waals surface area contributed by atoms with Crippen LogP contribution in [0.2, 0.25) is 0 Å². The summed E-state index contributed by atoms with van der Waals surface area (Å²) >= 11 is 0. The number of halogens is 1. The highest BCUT2D eigenvalue weighted by Crippen LogP contribution is 2.44. The maximum absolute atomic E-state index is 11.4. The van der Waals surface area contributed by atoms with Gasteiger partial charge in [-0.1, -0.05) is 20.8 Å². The van der Waals surface area contributed by atoms with E-state index in [1.807, 2.05) is 20.8 Å². The van der Waals surface area contributed by atoms with E-state index in [4.69, 9.17) is 10.7 Å². The van der Waals surface area contributed by atoms with Crippen molar-refractivity contribution in [1.29, 1.82) is 0 Å². The van der Waals surface area contributed by atoms with E-state index in [9.17, 15) is 8.42 Å². The molecule has 0 saturated carbocycles. The van der Waals surface area contributed by atoms with Gasteiger partial charge in [-0.25, -0.2) is 8.42 Å². The van der Waals surface area contributed by atoms with Gasteiger partial charge in [-0.15, -0.1) is 0 Å². The summed E-state index contributed by atoms with van der Waals surface area (Å²) in [6.07, 6.45) is 1.62. The van der Waals surface area contributed by atoms with E-state index in [2.05, 4.69) is 0 Å². The Morgan fingerprint density at radius 3 is 1.46 bits per heavy atom. The van der Waals surface area contributed by atoms with E-state index in [0.717, 1.165) is 12.8 Å². The molecule has 0 unspecified atom stereocenters. The first-order valence-electron chi connectivity index (χ1n) is 4.56. The third kappa shape index (κ3) is 2.18. The topological polar surface area (TPSA) is 34.1 Å². The van der Waals surface area contributed by atoms with Crippen molar-refractivity contribution < 1.29 is 8.42 Å². The molecule has 0 aliphatic carbocycles. The molecule has 4 heteroatoms. The standard InChI is InChI=1S/C9H19ClO2S/c1-6-9(5,7-2)8(3,4)13(10,11)12/h6-7H2,1-5H3. The molecular formula is C9H19ClO2S. The summed E-state index contributed by atoms with van der Waals surface area (Å²) in [5.41, 5.74) is -0.256. The zero-order valence-electron chi connectivity index (χ0n) is 9.02. The molecule has 2 nitrogen and oxygen atoms in total. The van der Waals surface area contributed by atoms with Gasteiger partial charge < -0.3 is 0 Å². The maximum atomic E-state index is 11.4. The minimum absolute atomic E-state index is 0.256. The minimum Gasteiger partial charge on any atom is -0.212 e. The summed E-state index contributed by atoms with van der Waals surface area (Å²) in [5, 5.41) is 0. The average Bonchev–Trinajstić information content (AvgIpc) is 2.00. The van der Waals surface area contributed by atoms with Crippen LogP contribution in [0.15, 0.2) is 0 Å². The van der Waals surface area contributed by atoms with Gasteiger partial charge in [-0.05, 0) is 32.1 Å². The van der Waals surface area contributed by atoms with Gasteiger partial charge in [0.05, 0.1) is 4.75 Å². The molecule has 0 rings (SSSR count). The van der Waals surface area contributed by atoms with E-state index in [1.54, 1.807) is 13.8 Å². The molecule has 0 saturated heterocycles. The predicted molar refractivity (Wildman–Crippen MR) is 57.5 cm³/mol. The monoisotopic (exact) mass is 226 g/mol. The van der Waals surface area contributed by atoms with Gasteiger partial charge in [0.15, 0.2) is 0 Å². The van der Waals surface area contributed by atoms with Crippen molar-refractivity contribution >= 4 is 19.7 Å². The molecule has 13 heavy (non-hydrogen) atoms. The van der Waals surface area contributed by atoms with E-state index >= 15 is 0 Å². The highest BCUT2D eigenvalue weighted by molar-refractivity contribution is 8.14. The van der Waals surface area contributed by atoms with Crippen molar-refractivity contribution in [2.75, 3.05) is 0 Å². The van der Waals surface area contributed by atoms with Gasteiger partial charge in [0.2, 0.25) is 9.05 Å². The summed E-state index contributed by atoms with van der Waals surface area (Å²) in [5.74, 6) is 0. The van der Waals surface area contributed by atoms with Gasteiger partial charge in [0, 0.05) is 10.7 Å². The quantitative estimate of drug-likeness (QED) is 0.691. The highest BCUT2D eigenvalue weighted by atomic mass is 35.7. The maximum Gasteiger partial charge on any atom is 0.238 e. The summed E-state index contributed by atoms with van der Waals surface area (Å²) in [6.45, 7) is 9.35. The molecule has 0 aliphatic heterocycles. The zero-order chi connectivity index (χ0) is 10.9. The fourth-order valence-electron chi connectivity index (χ4n) is 1.40. The van der Waals surface area contributed by atoms with Crippen LogP contribution in [0.1, 0.15) is 47.5 Å². The van der Waals surface area contributed by atoms with E-state index < -0.39 is 13.8 Å². The predicted octanol–water partition coefficient (Wildman–Crippen LogP) is 3.16. The van der Waals surface area contributed by atoms with E-state index in [-0.39, 0.29) is 5.41 Å². The Morgan fingerprint density at radius 1 is 1.08 bits per heavy atom. The zero-order valence-corrected chi connectivity index (χ0v) is 10.6. The van der Waals surface area contributed by atoms with Crippen molar-refractivity contribution in [3.05, 3.63) is 0 Å². The first kappa shape index (κ1) is 13.2. The van der Waals surface area contributed by atoms with Gasteiger partial charge >= 0.3 is 0 Å². The fourth-order valence-corrected chi connectivity index (χ4v) is 2.83. The molecule has 0 heterocycles. The second-order valence-corrected chi connectivity index (χ2v) is 7.33. The van der Waals surface area contributed by atoms with Crippen molar-refractivity contribution in [3.63, 3.8) is 0 Å². The number of hydrogen-bond acceptors (Lipinski definition) is 2. The fraction of sp³-hybridized carbons (Fsp3) is 1.00. The van der Waals surface area contributed by atoms with Crippen LogP contribution >= 0.6 is 10.7 Å². The summed E-state index contributed by atoms with van der Waals surface area (Å²) in [7, 11) is 1.93. The summed E-state index contributed by atoms with van der Waals surface area (Å²) < 4.78 is 21.9. The Morgan fingerprint density at radius 2 is 1.38 bits per heavy atom. The van der Waals surface area contributed by atoms with Crippen LogP contribution in [0, 0.1) is 5.41 Å². The molecule has 0 amide bonds. The summed E-state index contributed by atoms with van der Waals surface area (Å²) in [6, 6.07) is 0. The average molecular weight is 227 g/mol. The molecule has 80 valence electrons. The lowest BCUT2D eigenvalue weighted by atomic mass is 9.74. The lowest BCUT2D eigenvalue weighted by Crippen LogP contribution is -2.45. The van der Waals surface area contributed by atoms with Crippen molar-refractivity contribution in [1.82, 2.24) is 0 Å². The highest BCUT2D eigenvalue weighted by Gasteiger charge is 2.47. The Bertz CT molecular complexity index is 263. The van der Waals surface area contributed by atoms with Gasteiger partial charge in [0.25, 0.3) is 0 Å². The Hall–Kier alpha value is 0.240.